The molecule has 7 nitrogen and oxygen atoms in total. The summed E-state index contributed by atoms with van der Waals surface area (Å²) in [4.78, 5) is 16.8. The van der Waals surface area contributed by atoms with Crippen LogP contribution in [0.1, 0.15) is 18.4 Å². The summed E-state index contributed by atoms with van der Waals surface area (Å²) >= 11 is 0. The average molecular weight is 333 g/mol. The number of nitrogens with one attached hydrogen (secondary N) is 1. The van der Waals surface area contributed by atoms with Gasteiger partial charge in [-0.25, -0.2) is 15.0 Å². The van der Waals surface area contributed by atoms with Gasteiger partial charge in [-0.1, -0.05) is 6.92 Å². The van der Waals surface area contributed by atoms with Crippen molar-refractivity contribution in [1.82, 2.24) is 29.7 Å². The number of fused-ring (bicyclic) bond motifs is 1. The van der Waals surface area contributed by atoms with Crippen molar-refractivity contribution in [2.45, 2.75) is 19.9 Å². The number of H-pyrrole nitrogens is 1. The Kier molecular flexibility index (Phi) is 3.77. The van der Waals surface area contributed by atoms with Crippen molar-refractivity contribution in [3.8, 4) is 22.4 Å². The quantitative estimate of drug-likeness (QED) is 0.598. The summed E-state index contributed by atoms with van der Waals surface area (Å²) < 4.78 is 1.78. The third-order valence-electron chi connectivity index (χ3n) is 4.22. The lowest BCUT2D eigenvalue weighted by Gasteiger charge is -2.06. The van der Waals surface area contributed by atoms with Gasteiger partial charge in [0.15, 0.2) is 0 Å². The third-order valence-corrected chi connectivity index (χ3v) is 4.22. The summed E-state index contributed by atoms with van der Waals surface area (Å²) in [5, 5.41) is 5.25. The highest BCUT2D eigenvalue weighted by Gasteiger charge is 2.13. The van der Waals surface area contributed by atoms with Crippen LogP contribution in [0.5, 0.6) is 0 Å². The monoisotopic (exact) mass is 333 g/mol. The van der Waals surface area contributed by atoms with Crippen molar-refractivity contribution in [1.29, 1.82) is 0 Å². The first kappa shape index (κ1) is 15.5. The molecule has 0 amide bonds. The van der Waals surface area contributed by atoms with Gasteiger partial charge in [-0.15, -0.1) is 0 Å². The maximum absolute atomic E-state index is 5.76. The van der Waals surface area contributed by atoms with Crippen LogP contribution in [0.2, 0.25) is 0 Å². The van der Waals surface area contributed by atoms with Crippen LogP contribution in [0.15, 0.2) is 36.9 Å². The fourth-order valence-electron chi connectivity index (χ4n) is 2.91. The van der Waals surface area contributed by atoms with Gasteiger partial charge in [0.25, 0.3) is 0 Å². The highest BCUT2D eigenvalue weighted by Crippen LogP contribution is 2.30. The summed E-state index contributed by atoms with van der Waals surface area (Å²) in [5.41, 5.74) is 11.5. The second-order valence-corrected chi connectivity index (χ2v) is 5.94. The molecule has 0 aliphatic carbocycles. The summed E-state index contributed by atoms with van der Waals surface area (Å²) in [6.07, 6.45) is 8.43. The minimum absolute atomic E-state index is 0.322. The van der Waals surface area contributed by atoms with Gasteiger partial charge >= 0.3 is 0 Å². The zero-order chi connectivity index (χ0) is 17.4. The Morgan fingerprint density at radius 3 is 2.76 bits per heavy atom. The maximum Gasteiger partial charge on any atom is 0.142 e. The number of nitrogens with zero attached hydrogens (tertiary/aromatic N) is 5. The Balaban J connectivity index is 1.88. The molecule has 25 heavy (non-hydrogen) atoms. The van der Waals surface area contributed by atoms with Crippen molar-refractivity contribution in [3.63, 3.8) is 0 Å². The first-order valence-corrected chi connectivity index (χ1v) is 8.21. The third kappa shape index (κ3) is 2.78. The number of nitrogens with two attached hydrogens (primary N) is 1. The van der Waals surface area contributed by atoms with E-state index in [4.69, 9.17) is 5.73 Å². The molecule has 0 aliphatic rings. The maximum atomic E-state index is 5.76. The van der Waals surface area contributed by atoms with E-state index >= 15 is 0 Å². The molecule has 0 unspecified atom stereocenters. The molecule has 4 aromatic rings. The van der Waals surface area contributed by atoms with E-state index in [0.717, 1.165) is 45.5 Å². The van der Waals surface area contributed by atoms with E-state index in [9.17, 15) is 0 Å². The summed E-state index contributed by atoms with van der Waals surface area (Å²) in [6, 6.07) is 4.12. The van der Waals surface area contributed by atoms with Gasteiger partial charge < -0.3 is 10.7 Å². The Morgan fingerprint density at radius 2 is 2.04 bits per heavy atom. The molecule has 3 N–H and O–H groups in total. The van der Waals surface area contributed by atoms with Gasteiger partial charge in [0, 0.05) is 53.4 Å². The SMILES string of the molecule is CCc1cc(-c2c[nH]c3ncc(-c4cnn(C)c4)cc23)nc(CN)n1. The largest absolute Gasteiger partial charge is 0.345 e. The van der Waals surface area contributed by atoms with Crippen LogP contribution in [0.4, 0.5) is 0 Å². The molecule has 0 aromatic carbocycles. The number of aromatic amines is 1. The minimum atomic E-state index is 0.322. The molecule has 4 aromatic heterocycles. The molecule has 4 rings (SSSR count). The van der Waals surface area contributed by atoms with Gasteiger partial charge in [0.05, 0.1) is 18.4 Å². The molecule has 4 heterocycles. The van der Waals surface area contributed by atoms with Gasteiger partial charge in [0.1, 0.15) is 11.5 Å². The average Bonchev–Trinajstić information content (AvgIpc) is 3.26. The second kappa shape index (κ2) is 6.10. The summed E-state index contributed by atoms with van der Waals surface area (Å²) in [5.74, 6) is 0.653. The molecule has 0 radical (unpaired) electrons. The normalized spacial score (nSPS) is 11.3. The lowest BCUT2D eigenvalue weighted by molar-refractivity contribution is 0.768. The van der Waals surface area contributed by atoms with Crippen LogP contribution >= 0.6 is 0 Å². The van der Waals surface area contributed by atoms with Crippen LogP contribution in [0.3, 0.4) is 0 Å². The number of aryl methyl sites for hydroxylation is 2. The number of aromatic nitrogens is 6. The summed E-state index contributed by atoms with van der Waals surface area (Å²) in [7, 11) is 1.90. The highest BCUT2D eigenvalue weighted by atomic mass is 15.2. The van der Waals surface area contributed by atoms with E-state index in [1.807, 2.05) is 37.9 Å². The fraction of sp³-hybridized carbons (Fsp3) is 0.222. The van der Waals surface area contributed by atoms with Crippen LogP contribution in [0, 0.1) is 0 Å². The van der Waals surface area contributed by atoms with Crippen molar-refractivity contribution in [3.05, 3.63) is 48.4 Å². The smallest absolute Gasteiger partial charge is 0.142 e. The van der Waals surface area contributed by atoms with Crippen molar-refractivity contribution >= 4 is 11.0 Å². The Labute approximate surface area is 145 Å². The standard InChI is InChI=1S/C18H19N7/c1-3-13-5-16(24-17(6-19)23-13)15-9-21-18-14(15)4-11(7-20-18)12-8-22-25(2)10-12/h4-5,7-10H,3,6,19H2,1-2H3,(H,20,21). The van der Waals surface area contributed by atoms with Gasteiger partial charge in [-0.3, -0.25) is 4.68 Å². The summed E-state index contributed by atoms with van der Waals surface area (Å²) in [6.45, 7) is 2.39. The topological polar surface area (TPSA) is 98.3 Å². The zero-order valence-electron chi connectivity index (χ0n) is 14.2. The van der Waals surface area contributed by atoms with Crippen LogP contribution < -0.4 is 5.73 Å². The number of hydrogen-bond acceptors (Lipinski definition) is 5. The van der Waals surface area contributed by atoms with Crippen molar-refractivity contribution in [2.75, 3.05) is 0 Å². The molecule has 0 saturated heterocycles. The lowest BCUT2D eigenvalue weighted by atomic mass is 10.1. The fourth-order valence-corrected chi connectivity index (χ4v) is 2.91. The van der Waals surface area contributed by atoms with Crippen LogP contribution in [-0.2, 0) is 20.0 Å². The Bertz CT molecular complexity index is 1020. The molecule has 0 atom stereocenters. The van der Waals surface area contributed by atoms with E-state index in [2.05, 4.69) is 38.0 Å². The molecule has 0 aliphatic heterocycles. The van der Waals surface area contributed by atoms with E-state index in [1.54, 1.807) is 4.68 Å². The molecular weight excluding hydrogens is 314 g/mol. The molecule has 0 spiro atoms. The molecule has 0 bridgehead atoms. The molecule has 7 heteroatoms. The van der Waals surface area contributed by atoms with E-state index < -0.39 is 0 Å². The molecule has 0 saturated carbocycles. The van der Waals surface area contributed by atoms with E-state index in [1.165, 1.54) is 0 Å². The predicted octanol–water partition coefficient (Wildman–Crippen LogP) is 2.44. The molecule has 126 valence electrons. The predicted molar refractivity (Wildman–Crippen MR) is 96.6 cm³/mol. The van der Waals surface area contributed by atoms with E-state index in [-0.39, 0.29) is 0 Å². The van der Waals surface area contributed by atoms with Gasteiger partial charge in [-0.2, -0.15) is 5.10 Å². The number of hydrogen-bond donors (Lipinski definition) is 2. The van der Waals surface area contributed by atoms with Crippen molar-refractivity contribution in [2.24, 2.45) is 12.8 Å². The highest BCUT2D eigenvalue weighted by molar-refractivity contribution is 5.94. The van der Waals surface area contributed by atoms with Gasteiger partial charge in [-0.05, 0) is 18.6 Å². The Hall–Kier alpha value is -3.06. The minimum Gasteiger partial charge on any atom is -0.345 e. The first-order valence-electron chi connectivity index (χ1n) is 8.21. The second-order valence-electron chi connectivity index (χ2n) is 5.94. The zero-order valence-corrected chi connectivity index (χ0v) is 14.2. The van der Waals surface area contributed by atoms with Gasteiger partial charge in [0.2, 0.25) is 0 Å². The number of rotatable bonds is 4. The molecular formula is C18H19N7. The first-order chi connectivity index (χ1) is 12.2. The lowest BCUT2D eigenvalue weighted by Crippen LogP contribution is -2.06. The number of pyridine rings is 1. The van der Waals surface area contributed by atoms with E-state index in [0.29, 0.717) is 12.4 Å². The Morgan fingerprint density at radius 1 is 1.16 bits per heavy atom. The van der Waals surface area contributed by atoms with Crippen molar-refractivity contribution < 1.29 is 0 Å². The molecule has 0 fully saturated rings. The van der Waals surface area contributed by atoms with Crippen LogP contribution in [0.25, 0.3) is 33.4 Å². The van der Waals surface area contributed by atoms with Crippen LogP contribution in [-0.4, -0.2) is 29.7 Å².